The van der Waals surface area contributed by atoms with E-state index in [0.29, 0.717) is 17.8 Å². The molecule has 122 valence electrons. The predicted molar refractivity (Wildman–Crippen MR) is 89.2 cm³/mol. The zero-order chi connectivity index (χ0) is 15.5. The van der Waals surface area contributed by atoms with Gasteiger partial charge >= 0.3 is 0 Å². The third kappa shape index (κ3) is 3.52. The van der Waals surface area contributed by atoms with Gasteiger partial charge in [0.05, 0.1) is 19.3 Å². The SMILES string of the molecule is c1cnc(NC[C@H]2OC[C@@H]3CCN(Cc4nccs4)C[C@@H]32)nc1. The van der Waals surface area contributed by atoms with Crippen molar-refractivity contribution in [2.45, 2.75) is 19.1 Å². The Morgan fingerprint density at radius 1 is 1.26 bits per heavy atom. The summed E-state index contributed by atoms with van der Waals surface area (Å²) < 4.78 is 6.05. The summed E-state index contributed by atoms with van der Waals surface area (Å²) in [4.78, 5) is 15.3. The fraction of sp³-hybridized carbons (Fsp3) is 0.562. The average molecular weight is 331 g/mol. The first-order valence-corrected chi connectivity index (χ1v) is 8.99. The Morgan fingerprint density at radius 2 is 2.17 bits per heavy atom. The number of ether oxygens (including phenoxy) is 1. The van der Waals surface area contributed by atoms with Crippen molar-refractivity contribution in [2.75, 3.05) is 31.6 Å². The summed E-state index contributed by atoms with van der Waals surface area (Å²) in [6.45, 7) is 4.86. The Balaban J connectivity index is 1.34. The van der Waals surface area contributed by atoms with Crippen LogP contribution in [0.25, 0.3) is 0 Å². The number of anilines is 1. The van der Waals surface area contributed by atoms with Gasteiger partial charge in [0.25, 0.3) is 0 Å². The lowest BCUT2D eigenvalue weighted by molar-refractivity contribution is 0.0830. The molecule has 0 radical (unpaired) electrons. The molecule has 0 aromatic carbocycles. The largest absolute Gasteiger partial charge is 0.376 e. The zero-order valence-corrected chi connectivity index (χ0v) is 13.8. The first-order chi connectivity index (χ1) is 11.4. The number of thiazole rings is 1. The lowest BCUT2D eigenvalue weighted by Gasteiger charge is -2.35. The Kier molecular flexibility index (Phi) is 4.50. The van der Waals surface area contributed by atoms with Crippen molar-refractivity contribution in [1.82, 2.24) is 19.9 Å². The van der Waals surface area contributed by atoms with Gasteiger partial charge in [0.2, 0.25) is 5.95 Å². The highest BCUT2D eigenvalue weighted by molar-refractivity contribution is 7.09. The highest BCUT2D eigenvalue weighted by Gasteiger charge is 2.40. The molecule has 4 rings (SSSR count). The van der Waals surface area contributed by atoms with E-state index in [2.05, 4.69) is 25.2 Å². The van der Waals surface area contributed by atoms with Crippen LogP contribution >= 0.6 is 11.3 Å². The third-order valence-corrected chi connectivity index (χ3v) is 5.53. The molecule has 2 aromatic rings. The number of aromatic nitrogens is 3. The number of nitrogens with one attached hydrogen (secondary N) is 1. The Labute approximate surface area is 139 Å². The summed E-state index contributed by atoms with van der Waals surface area (Å²) in [5.41, 5.74) is 0. The summed E-state index contributed by atoms with van der Waals surface area (Å²) in [5, 5.41) is 6.56. The minimum absolute atomic E-state index is 0.239. The molecule has 2 aromatic heterocycles. The first kappa shape index (κ1) is 15.0. The van der Waals surface area contributed by atoms with Gasteiger partial charge in [0.15, 0.2) is 0 Å². The van der Waals surface area contributed by atoms with Crippen LogP contribution in [0.3, 0.4) is 0 Å². The number of hydrogen-bond acceptors (Lipinski definition) is 7. The summed E-state index contributed by atoms with van der Waals surface area (Å²) in [6, 6.07) is 1.82. The standard InChI is InChI=1S/C16H21N5OS/c1-3-18-16(19-4-1)20-8-14-13-9-21(6-2-12(13)11-22-14)10-15-17-5-7-23-15/h1,3-5,7,12-14H,2,6,8-11H2,(H,18,19,20)/t12-,13-,14+/m0/s1. The first-order valence-electron chi connectivity index (χ1n) is 8.12. The number of fused-ring (bicyclic) bond motifs is 1. The second-order valence-electron chi connectivity index (χ2n) is 6.20. The number of rotatable bonds is 5. The molecular weight excluding hydrogens is 310 g/mol. The van der Waals surface area contributed by atoms with Crippen LogP contribution in [0, 0.1) is 11.8 Å². The van der Waals surface area contributed by atoms with E-state index in [1.54, 1.807) is 23.7 Å². The van der Waals surface area contributed by atoms with Crippen molar-refractivity contribution < 1.29 is 4.74 Å². The fourth-order valence-electron chi connectivity index (χ4n) is 3.56. The molecule has 7 heteroatoms. The van der Waals surface area contributed by atoms with E-state index in [1.165, 1.54) is 11.4 Å². The van der Waals surface area contributed by atoms with Gasteiger partial charge in [-0.2, -0.15) is 0 Å². The number of likely N-dealkylation sites (tertiary alicyclic amines) is 1. The summed E-state index contributed by atoms with van der Waals surface area (Å²) in [6.07, 6.45) is 6.85. The van der Waals surface area contributed by atoms with Crippen molar-refractivity contribution in [1.29, 1.82) is 0 Å². The van der Waals surface area contributed by atoms with Crippen LogP contribution in [0.15, 0.2) is 30.0 Å². The third-order valence-electron chi connectivity index (χ3n) is 4.76. The monoisotopic (exact) mass is 331 g/mol. The second kappa shape index (κ2) is 6.90. The van der Waals surface area contributed by atoms with E-state index >= 15 is 0 Å². The summed E-state index contributed by atoms with van der Waals surface area (Å²) in [5.74, 6) is 1.95. The van der Waals surface area contributed by atoms with Gasteiger partial charge < -0.3 is 10.1 Å². The van der Waals surface area contributed by atoms with Crippen molar-refractivity contribution in [2.24, 2.45) is 11.8 Å². The molecule has 0 aliphatic carbocycles. The van der Waals surface area contributed by atoms with Crippen molar-refractivity contribution >= 4 is 17.3 Å². The highest BCUT2D eigenvalue weighted by atomic mass is 32.1. The molecular formula is C16H21N5OS. The van der Waals surface area contributed by atoms with E-state index in [0.717, 1.165) is 32.8 Å². The molecule has 0 unspecified atom stereocenters. The van der Waals surface area contributed by atoms with Gasteiger partial charge in [-0.1, -0.05) is 0 Å². The van der Waals surface area contributed by atoms with Gasteiger partial charge in [0, 0.05) is 43.0 Å². The van der Waals surface area contributed by atoms with Crippen LogP contribution in [-0.4, -0.2) is 52.2 Å². The molecule has 0 spiro atoms. The van der Waals surface area contributed by atoms with Gasteiger partial charge in [-0.05, 0) is 24.9 Å². The molecule has 2 aliphatic rings. The lowest BCUT2D eigenvalue weighted by atomic mass is 9.84. The van der Waals surface area contributed by atoms with Crippen LogP contribution in [0.1, 0.15) is 11.4 Å². The van der Waals surface area contributed by atoms with Crippen molar-refractivity contribution in [3.63, 3.8) is 0 Å². The molecule has 2 fully saturated rings. The van der Waals surface area contributed by atoms with Crippen LogP contribution in [0.2, 0.25) is 0 Å². The van der Waals surface area contributed by atoms with Gasteiger partial charge in [-0.15, -0.1) is 11.3 Å². The Bertz CT molecular complexity index is 608. The Morgan fingerprint density at radius 3 is 3.00 bits per heavy atom. The van der Waals surface area contributed by atoms with Crippen LogP contribution < -0.4 is 5.32 Å². The minimum Gasteiger partial charge on any atom is -0.376 e. The quantitative estimate of drug-likeness (QED) is 0.903. The fourth-order valence-corrected chi connectivity index (χ4v) is 4.22. The van der Waals surface area contributed by atoms with Gasteiger partial charge in [-0.3, -0.25) is 4.90 Å². The van der Waals surface area contributed by atoms with E-state index in [-0.39, 0.29) is 6.10 Å². The molecule has 0 amide bonds. The maximum Gasteiger partial charge on any atom is 0.222 e. The molecule has 2 saturated heterocycles. The normalized spacial score (nSPS) is 27.7. The predicted octanol–water partition coefficient (Wildman–Crippen LogP) is 1.88. The molecule has 1 N–H and O–H groups in total. The maximum atomic E-state index is 6.05. The van der Waals surface area contributed by atoms with E-state index < -0.39 is 0 Å². The molecule has 0 bridgehead atoms. The molecule has 23 heavy (non-hydrogen) atoms. The topological polar surface area (TPSA) is 63.2 Å². The second-order valence-corrected chi connectivity index (χ2v) is 7.18. The lowest BCUT2D eigenvalue weighted by Crippen LogP contribution is -2.43. The molecule has 6 nitrogen and oxygen atoms in total. The minimum atomic E-state index is 0.239. The zero-order valence-electron chi connectivity index (χ0n) is 13.0. The average Bonchev–Trinajstić information content (AvgIpc) is 3.23. The molecule has 4 heterocycles. The van der Waals surface area contributed by atoms with Crippen molar-refractivity contribution in [3.05, 3.63) is 35.0 Å². The van der Waals surface area contributed by atoms with Crippen LogP contribution in [0.5, 0.6) is 0 Å². The van der Waals surface area contributed by atoms with Crippen molar-refractivity contribution in [3.8, 4) is 0 Å². The molecule has 3 atom stereocenters. The van der Waals surface area contributed by atoms with E-state index in [9.17, 15) is 0 Å². The highest BCUT2D eigenvalue weighted by Crippen LogP contribution is 2.34. The molecule has 0 saturated carbocycles. The number of piperidine rings is 1. The van der Waals surface area contributed by atoms with Crippen LogP contribution in [-0.2, 0) is 11.3 Å². The number of nitrogens with zero attached hydrogens (tertiary/aromatic N) is 4. The number of hydrogen-bond donors (Lipinski definition) is 1. The van der Waals surface area contributed by atoms with Gasteiger partial charge in [0.1, 0.15) is 5.01 Å². The summed E-state index contributed by atoms with van der Waals surface area (Å²) >= 11 is 1.74. The molecule has 2 aliphatic heterocycles. The summed E-state index contributed by atoms with van der Waals surface area (Å²) in [7, 11) is 0. The Hall–Kier alpha value is -1.57. The van der Waals surface area contributed by atoms with Crippen LogP contribution in [0.4, 0.5) is 5.95 Å². The maximum absolute atomic E-state index is 6.05. The van der Waals surface area contributed by atoms with E-state index in [1.807, 2.05) is 17.6 Å². The van der Waals surface area contributed by atoms with E-state index in [4.69, 9.17) is 4.74 Å². The smallest absolute Gasteiger partial charge is 0.222 e. The van der Waals surface area contributed by atoms with Gasteiger partial charge in [-0.25, -0.2) is 15.0 Å².